The maximum atomic E-state index is 11.4. The van der Waals surface area contributed by atoms with E-state index in [1.165, 1.54) is 0 Å². The number of benzene rings is 1. The van der Waals surface area contributed by atoms with E-state index < -0.39 is 0 Å². The van der Waals surface area contributed by atoms with Gasteiger partial charge in [0.1, 0.15) is 0 Å². The summed E-state index contributed by atoms with van der Waals surface area (Å²) in [6.45, 7) is 1.90. The second-order valence-electron chi connectivity index (χ2n) is 3.10. The Morgan fingerprint density at radius 1 is 1.53 bits per heavy atom. The van der Waals surface area contributed by atoms with Crippen LogP contribution in [-0.2, 0) is 4.79 Å². The summed E-state index contributed by atoms with van der Waals surface area (Å²) in [6, 6.07) is 8.74. The first-order chi connectivity index (χ1) is 7.17. The van der Waals surface area contributed by atoms with E-state index in [0.717, 1.165) is 0 Å². The van der Waals surface area contributed by atoms with Gasteiger partial charge in [0.15, 0.2) is 0 Å². The standard InChI is InChI=1S/C11H12N2OS/c1-2-10(15)11(14)13-9-5-3-8(7-12)4-6-9/h3-6,10,15H,2H2,1H3,(H,13,14). The number of nitriles is 1. The predicted molar refractivity (Wildman–Crippen MR) is 62.9 cm³/mol. The summed E-state index contributed by atoms with van der Waals surface area (Å²) >= 11 is 4.13. The Balaban J connectivity index is 2.66. The number of hydrogen-bond acceptors (Lipinski definition) is 3. The minimum absolute atomic E-state index is 0.120. The number of rotatable bonds is 3. The molecule has 3 nitrogen and oxygen atoms in total. The molecule has 0 aliphatic heterocycles. The highest BCUT2D eigenvalue weighted by molar-refractivity contribution is 7.81. The van der Waals surface area contributed by atoms with Crippen LogP contribution in [0.3, 0.4) is 0 Å². The van der Waals surface area contributed by atoms with Crippen LogP contribution in [0.2, 0.25) is 0 Å². The van der Waals surface area contributed by atoms with Gasteiger partial charge in [-0.05, 0) is 30.7 Å². The maximum Gasteiger partial charge on any atom is 0.237 e. The van der Waals surface area contributed by atoms with Crippen molar-refractivity contribution in [1.29, 1.82) is 5.26 Å². The van der Waals surface area contributed by atoms with Gasteiger partial charge in [-0.15, -0.1) is 0 Å². The van der Waals surface area contributed by atoms with E-state index >= 15 is 0 Å². The van der Waals surface area contributed by atoms with Gasteiger partial charge in [-0.3, -0.25) is 4.79 Å². The first-order valence-corrected chi connectivity index (χ1v) is 5.18. The quantitative estimate of drug-likeness (QED) is 0.767. The average Bonchev–Trinajstić information content (AvgIpc) is 2.29. The monoisotopic (exact) mass is 220 g/mol. The van der Waals surface area contributed by atoms with Crippen molar-refractivity contribution in [2.24, 2.45) is 0 Å². The smallest absolute Gasteiger partial charge is 0.237 e. The Bertz CT molecular complexity index is 381. The molecule has 1 aromatic rings. The summed E-state index contributed by atoms with van der Waals surface area (Å²) < 4.78 is 0. The van der Waals surface area contributed by atoms with Crippen LogP contribution in [0.1, 0.15) is 18.9 Å². The van der Waals surface area contributed by atoms with Crippen LogP contribution in [0.5, 0.6) is 0 Å². The van der Waals surface area contributed by atoms with Gasteiger partial charge in [-0.1, -0.05) is 6.92 Å². The molecule has 1 unspecified atom stereocenters. The predicted octanol–water partition coefficient (Wildman–Crippen LogP) is 2.21. The lowest BCUT2D eigenvalue weighted by Gasteiger charge is -2.08. The van der Waals surface area contributed by atoms with E-state index in [9.17, 15) is 4.79 Å². The molecule has 0 radical (unpaired) electrons. The van der Waals surface area contributed by atoms with Crippen LogP contribution in [0.15, 0.2) is 24.3 Å². The molecule has 0 fully saturated rings. The average molecular weight is 220 g/mol. The second-order valence-corrected chi connectivity index (χ2v) is 3.73. The summed E-state index contributed by atoms with van der Waals surface area (Å²) in [5.41, 5.74) is 1.26. The van der Waals surface area contributed by atoms with Crippen LogP contribution in [0.25, 0.3) is 0 Å². The van der Waals surface area contributed by atoms with E-state index in [2.05, 4.69) is 17.9 Å². The fraction of sp³-hybridized carbons (Fsp3) is 0.273. The summed E-state index contributed by atoms with van der Waals surface area (Å²) in [5.74, 6) is -0.120. The Hall–Kier alpha value is -1.47. The molecule has 1 aromatic carbocycles. The molecule has 1 rings (SSSR count). The molecular formula is C11H12N2OS. The molecule has 0 heterocycles. The Morgan fingerprint density at radius 3 is 2.60 bits per heavy atom. The van der Waals surface area contributed by atoms with Gasteiger partial charge >= 0.3 is 0 Å². The number of nitrogens with zero attached hydrogens (tertiary/aromatic N) is 1. The molecule has 0 bridgehead atoms. The van der Waals surface area contributed by atoms with Gasteiger partial charge in [0.25, 0.3) is 0 Å². The number of thiol groups is 1. The van der Waals surface area contributed by atoms with Gasteiger partial charge < -0.3 is 5.32 Å². The molecule has 1 atom stereocenters. The first kappa shape index (κ1) is 11.6. The number of anilines is 1. The summed E-state index contributed by atoms with van der Waals surface area (Å²) in [4.78, 5) is 11.4. The molecule has 4 heteroatoms. The van der Waals surface area contributed by atoms with Crippen LogP contribution in [0, 0.1) is 11.3 Å². The van der Waals surface area contributed by atoms with Crippen molar-refractivity contribution in [2.75, 3.05) is 5.32 Å². The van der Waals surface area contributed by atoms with Crippen molar-refractivity contribution in [3.05, 3.63) is 29.8 Å². The lowest BCUT2D eigenvalue weighted by molar-refractivity contribution is -0.115. The zero-order chi connectivity index (χ0) is 11.3. The van der Waals surface area contributed by atoms with Crippen molar-refractivity contribution >= 4 is 24.2 Å². The number of amides is 1. The second kappa shape index (κ2) is 5.42. The number of nitrogens with one attached hydrogen (secondary N) is 1. The number of hydrogen-bond donors (Lipinski definition) is 2. The van der Waals surface area contributed by atoms with Crippen molar-refractivity contribution in [3.8, 4) is 6.07 Å². The minimum atomic E-state index is -0.291. The van der Waals surface area contributed by atoms with E-state index in [1.807, 2.05) is 13.0 Å². The van der Waals surface area contributed by atoms with Crippen molar-refractivity contribution in [2.45, 2.75) is 18.6 Å². The largest absolute Gasteiger partial charge is 0.325 e. The fourth-order valence-corrected chi connectivity index (χ4v) is 1.10. The lowest BCUT2D eigenvalue weighted by Crippen LogP contribution is -2.22. The van der Waals surface area contributed by atoms with Crippen molar-refractivity contribution in [1.82, 2.24) is 0 Å². The zero-order valence-corrected chi connectivity index (χ0v) is 9.29. The van der Waals surface area contributed by atoms with E-state index in [0.29, 0.717) is 17.7 Å². The van der Waals surface area contributed by atoms with E-state index in [1.54, 1.807) is 24.3 Å². The van der Waals surface area contributed by atoms with Gasteiger partial charge in [-0.2, -0.15) is 17.9 Å². The molecular weight excluding hydrogens is 208 g/mol. The van der Waals surface area contributed by atoms with Crippen LogP contribution < -0.4 is 5.32 Å². The van der Waals surface area contributed by atoms with Gasteiger partial charge in [0, 0.05) is 5.69 Å². The third-order valence-corrected chi connectivity index (χ3v) is 2.57. The van der Waals surface area contributed by atoms with Crippen molar-refractivity contribution < 1.29 is 4.79 Å². The highest BCUT2D eigenvalue weighted by atomic mass is 32.1. The zero-order valence-electron chi connectivity index (χ0n) is 8.40. The summed E-state index contributed by atoms with van der Waals surface area (Å²) in [5, 5.41) is 11.0. The van der Waals surface area contributed by atoms with Gasteiger partial charge in [-0.25, -0.2) is 0 Å². The van der Waals surface area contributed by atoms with Crippen LogP contribution in [-0.4, -0.2) is 11.2 Å². The maximum absolute atomic E-state index is 11.4. The topological polar surface area (TPSA) is 52.9 Å². The van der Waals surface area contributed by atoms with Crippen LogP contribution in [0.4, 0.5) is 5.69 Å². The minimum Gasteiger partial charge on any atom is -0.325 e. The summed E-state index contributed by atoms with van der Waals surface area (Å²) in [7, 11) is 0. The van der Waals surface area contributed by atoms with Gasteiger partial charge in [0.05, 0.1) is 16.9 Å². The highest BCUT2D eigenvalue weighted by Crippen LogP contribution is 2.11. The number of carbonyl (C=O) groups excluding carboxylic acids is 1. The Labute approximate surface area is 94.5 Å². The fourth-order valence-electron chi connectivity index (χ4n) is 1.04. The Morgan fingerprint density at radius 2 is 2.13 bits per heavy atom. The molecule has 0 saturated carbocycles. The molecule has 0 spiro atoms. The van der Waals surface area contributed by atoms with E-state index in [4.69, 9.17) is 5.26 Å². The third-order valence-electron chi connectivity index (χ3n) is 1.97. The first-order valence-electron chi connectivity index (χ1n) is 4.66. The normalized spacial score (nSPS) is 11.5. The third kappa shape index (κ3) is 3.30. The molecule has 0 aromatic heterocycles. The lowest BCUT2D eigenvalue weighted by atomic mass is 10.2. The Kier molecular flexibility index (Phi) is 4.19. The van der Waals surface area contributed by atoms with Crippen LogP contribution >= 0.6 is 12.6 Å². The summed E-state index contributed by atoms with van der Waals surface area (Å²) in [6.07, 6.45) is 0.686. The molecule has 0 saturated heterocycles. The molecule has 78 valence electrons. The SMILES string of the molecule is CCC(S)C(=O)Nc1ccc(C#N)cc1. The van der Waals surface area contributed by atoms with E-state index in [-0.39, 0.29) is 11.2 Å². The number of carbonyl (C=O) groups is 1. The van der Waals surface area contributed by atoms with Gasteiger partial charge in [0.2, 0.25) is 5.91 Å². The molecule has 0 aliphatic carbocycles. The molecule has 1 amide bonds. The van der Waals surface area contributed by atoms with Crippen molar-refractivity contribution in [3.63, 3.8) is 0 Å². The molecule has 0 aliphatic rings. The molecule has 1 N–H and O–H groups in total. The highest BCUT2D eigenvalue weighted by Gasteiger charge is 2.10. The molecule has 15 heavy (non-hydrogen) atoms.